The fraction of sp³-hybridized carbons (Fsp3) is 0. The third-order valence-corrected chi connectivity index (χ3v) is 10.2. The van der Waals surface area contributed by atoms with Crippen molar-refractivity contribution in [2.75, 3.05) is 4.90 Å². The number of anilines is 3. The smallest absolute Gasteiger partial charge is 0.160 e. The molecule has 0 bridgehead atoms. The van der Waals surface area contributed by atoms with E-state index < -0.39 is 0 Å². The van der Waals surface area contributed by atoms with E-state index in [1.807, 2.05) is 0 Å². The monoisotopic (exact) mass is 663 g/mol. The number of fused-ring (bicyclic) bond motifs is 6. The molecular formula is C50H33NO. The molecule has 10 aromatic rings. The molecule has 0 spiro atoms. The normalized spacial score (nSPS) is 11.5. The molecule has 244 valence electrons. The van der Waals surface area contributed by atoms with Crippen LogP contribution in [0.2, 0.25) is 0 Å². The predicted octanol–water partition coefficient (Wildman–Crippen LogP) is 14.4. The number of furan rings is 1. The molecular weight excluding hydrogens is 631 g/mol. The summed E-state index contributed by atoms with van der Waals surface area (Å²) in [5.41, 5.74) is 11.9. The largest absolute Gasteiger partial charge is 0.453 e. The Bertz CT molecular complexity index is 2870. The van der Waals surface area contributed by atoms with Crippen molar-refractivity contribution in [3.8, 4) is 33.4 Å². The van der Waals surface area contributed by atoms with Crippen LogP contribution in [0.4, 0.5) is 17.1 Å². The summed E-state index contributed by atoms with van der Waals surface area (Å²) in [7, 11) is 0. The molecule has 0 aliphatic carbocycles. The summed E-state index contributed by atoms with van der Waals surface area (Å²) in [6.07, 6.45) is 0. The molecule has 0 amide bonds. The number of hydrogen-bond acceptors (Lipinski definition) is 2. The average molecular weight is 664 g/mol. The molecule has 2 heteroatoms. The maximum atomic E-state index is 7.21. The van der Waals surface area contributed by atoms with Gasteiger partial charge in [-0.05, 0) is 85.9 Å². The van der Waals surface area contributed by atoms with Crippen LogP contribution in [0.1, 0.15) is 0 Å². The van der Waals surface area contributed by atoms with E-state index in [0.717, 1.165) is 55.5 Å². The molecule has 1 aromatic heterocycles. The summed E-state index contributed by atoms with van der Waals surface area (Å²) < 4.78 is 7.21. The van der Waals surface area contributed by atoms with Gasteiger partial charge >= 0.3 is 0 Å². The van der Waals surface area contributed by atoms with Gasteiger partial charge in [0.2, 0.25) is 0 Å². The zero-order valence-corrected chi connectivity index (χ0v) is 28.4. The maximum absolute atomic E-state index is 7.21. The first-order chi connectivity index (χ1) is 25.8. The minimum absolute atomic E-state index is 0.854. The van der Waals surface area contributed by atoms with Crippen molar-refractivity contribution in [2.24, 2.45) is 0 Å². The van der Waals surface area contributed by atoms with Crippen LogP contribution in [-0.4, -0.2) is 0 Å². The highest BCUT2D eigenvalue weighted by Gasteiger charge is 2.24. The molecule has 52 heavy (non-hydrogen) atoms. The van der Waals surface area contributed by atoms with Crippen molar-refractivity contribution in [2.45, 2.75) is 0 Å². The van der Waals surface area contributed by atoms with Gasteiger partial charge in [-0.2, -0.15) is 0 Å². The van der Waals surface area contributed by atoms with Crippen molar-refractivity contribution in [3.63, 3.8) is 0 Å². The summed E-state index contributed by atoms with van der Waals surface area (Å²) >= 11 is 0. The van der Waals surface area contributed by atoms with Crippen LogP contribution in [0.25, 0.3) is 76.9 Å². The number of hydrogen-bond donors (Lipinski definition) is 0. The minimum atomic E-state index is 0.854. The van der Waals surface area contributed by atoms with Crippen LogP contribution in [0.3, 0.4) is 0 Å². The summed E-state index contributed by atoms with van der Waals surface area (Å²) in [6.45, 7) is 0. The van der Waals surface area contributed by atoms with Crippen molar-refractivity contribution >= 4 is 60.5 Å². The molecule has 0 fully saturated rings. The van der Waals surface area contributed by atoms with E-state index in [9.17, 15) is 0 Å². The number of benzene rings is 9. The van der Waals surface area contributed by atoms with Gasteiger partial charge < -0.3 is 9.32 Å². The number of nitrogens with zero attached hydrogens (tertiary/aromatic N) is 1. The molecule has 1 heterocycles. The molecule has 0 radical (unpaired) electrons. The molecule has 10 rings (SSSR count). The molecule has 9 aromatic carbocycles. The maximum Gasteiger partial charge on any atom is 0.160 e. The van der Waals surface area contributed by atoms with E-state index in [1.165, 1.54) is 38.4 Å². The van der Waals surface area contributed by atoms with E-state index >= 15 is 0 Å². The van der Waals surface area contributed by atoms with Gasteiger partial charge in [-0.15, -0.1) is 0 Å². The van der Waals surface area contributed by atoms with Crippen LogP contribution in [-0.2, 0) is 0 Å². The van der Waals surface area contributed by atoms with E-state index in [-0.39, 0.29) is 0 Å². The van der Waals surface area contributed by atoms with E-state index in [2.05, 4.69) is 205 Å². The first-order valence-corrected chi connectivity index (χ1v) is 17.8. The van der Waals surface area contributed by atoms with Crippen LogP contribution < -0.4 is 4.90 Å². The van der Waals surface area contributed by atoms with Gasteiger partial charge in [0.05, 0.1) is 5.69 Å². The van der Waals surface area contributed by atoms with Crippen LogP contribution in [0.5, 0.6) is 0 Å². The molecule has 0 saturated carbocycles. The molecule has 0 unspecified atom stereocenters. The minimum Gasteiger partial charge on any atom is -0.453 e. The van der Waals surface area contributed by atoms with E-state index in [1.54, 1.807) is 0 Å². The van der Waals surface area contributed by atoms with Gasteiger partial charge in [-0.25, -0.2) is 0 Å². The molecule has 2 nitrogen and oxygen atoms in total. The third-order valence-electron chi connectivity index (χ3n) is 10.2. The Morgan fingerprint density at radius 3 is 1.60 bits per heavy atom. The highest BCUT2D eigenvalue weighted by molar-refractivity contribution is 6.24. The fourth-order valence-corrected chi connectivity index (χ4v) is 7.76. The molecule has 0 aliphatic rings. The lowest BCUT2D eigenvalue weighted by atomic mass is 9.93. The third kappa shape index (κ3) is 5.04. The Hall–Kier alpha value is -6.90. The van der Waals surface area contributed by atoms with Gasteiger partial charge in [0.15, 0.2) is 5.58 Å². The van der Waals surface area contributed by atoms with Gasteiger partial charge in [0, 0.05) is 27.5 Å². The second-order valence-corrected chi connectivity index (χ2v) is 13.3. The average Bonchev–Trinajstić information content (AvgIpc) is 3.62. The summed E-state index contributed by atoms with van der Waals surface area (Å²) in [5, 5.41) is 6.87. The first kappa shape index (κ1) is 30.0. The summed E-state index contributed by atoms with van der Waals surface area (Å²) in [5.74, 6) is 0. The summed E-state index contributed by atoms with van der Waals surface area (Å²) in [4.78, 5) is 2.35. The SMILES string of the molecule is c1ccc(-c2ccc(N(c3ccc4ccccc4c3)c3ccc(-c4ccccc4)c4c3oc3c5ccccc5c(-c5ccccc5)cc34)cc2)cc1. The van der Waals surface area contributed by atoms with Gasteiger partial charge in [-0.3, -0.25) is 0 Å². The van der Waals surface area contributed by atoms with E-state index in [0.29, 0.717) is 0 Å². The van der Waals surface area contributed by atoms with Crippen LogP contribution in [0, 0.1) is 0 Å². The molecule has 0 N–H and O–H groups in total. The van der Waals surface area contributed by atoms with E-state index in [4.69, 9.17) is 4.42 Å². The summed E-state index contributed by atoms with van der Waals surface area (Å²) in [6, 6.07) is 71.5. The Morgan fingerprint density at radius 1 is 0.327 bits per heavy atom. The Morgan fingerprint density at radius 2 is 0.885 bits per heavy atom. The van der Waals surface area contributed by atoms with Crippen LogP contribution >= 0.6 is 0 Å². The Kier molecular flexibility index (Phi) is 7.18. The quantitative estimate of drug-likeness (QED) is 0.176. The number of rotatable bonds is 6. The first-order valence-electron chi connectivity index (χ1n) is 17.8. The zero-order valence-electron chi connectivity index (χ0n) is 28.4. The van der Waals surface area contributed by atoms with Gasteiger partial charge in [-0.1, -0.05) is 164 Å². The highest BCUT2D eigenvalue weighted by atomic mass is 16.3. The highest BCUT2D eigenvalue weighted by Crippen LogP contribution is 2.48. The van der Waals surface area contributed by atoms with Crippen molar-refractivity contribution < 1.29 is 4.42 Å². The Labute approximate surface area is 302 Å². The zero-order chi connectivity index (χ0) is 34.4. The van der Waals surface area contributed by atoms with Gasteiger partial charge in [0.25, 0.3) is 0 Å². The predicted molar refractivity (Wildman–Crippen MR) is 220 cm³/mol. The van der Waals surface area contributed by atoms with Gasteiger partial charge in [0.1, 0.15) is 5.58 Å². The second-order valence-electron chi connectivity index (χ2n) is 13.3. The lowest BCUT2D eigenvalue weighted by molar-refractivity contribution is 0.673. The molecule has 0 aliphatic heterocycles. The Balaban J connectivity index is 1.29. The standard InChI is InChI=1S/C50H33NO/c1-4-14-34(15-5-1)36-24-27-40(28-25-36)51(41-29-26-35-16-10-11-21-39(35)32-41)47-31-30-42(37-17-6-2-7-18-37)48-46-33-45(38-19-8-3-9-20-38)43-22-12-13-23-44(43)49(46)52-50(47)48/h1-33H. The fourth-order valence-electron chi connectivity index (χ4n) is 7.76. The lowest BCUT2D eigenvalue weighted by Gasteiger charge is -2.26. The van der Waals surface area contributed by atoms with Crippen molar-refractivity contribution in [1.82, 2.24) is 0 Å². The molecule has 0 atom stereocenters. The van der Waals surface area contributed by atoms with Crippen molar-refractivity contribution in [3.05, 3.63) is 200 Å². The van der Waals surface area contributed by atoms with Crippen molar-refractivity contribution in [1.29, 1.82) is 0 Å². The topological polar surface area (TPSA) is 16.4 Å². The second kappa shape index (κ2) is 12.5. The lowest BCUT2D eigenvalue weighted by Crippen LogP contribution is -2.10. The molecule has 0 saturated heterocycles. The van der Waals surface area contributed by atoms with Crippen LogP contribution in [0.15, 0.2) is 205 Å².